The average Bonchev–Trinajstić information content (AvgIpc) is 2.39. The molecule has 0 fully saturated rings. The van der Waals surface area contributed by atoms with Gasteiger partial charge in [-0.1, -0.05) is 23.7 Å². The Labute approximate surface area is 115 Å². The molecule has 2 aromatic rings. The van der Waals surface area contributed by atoms with Crippen LogP contribution < -0.4 is 10.1 Å². The summed E-state index contributed by atoms with van der Waals surface area (Å²) in [7, 11) is 1.46. The lowest BCUT2D eigenvalue weighted by atomic mass is 10.2. The van der Waals surface area contributed by atoms with Crippen molar-refractivity contribution < 1.29 is 13.5 Å². The minimum Gasteiger partial charge on any atom is -0.497 e. The van der Waals surface area contributed by atoms with Crippen LogP contribution in [-0.4, -0.2) is 7.11 Å². The Morgan fingerprint density at radius 2 is 1.95 bits per heavy atom. The molecule has 0 aliphatic carbocycles. The molecule has 0 heterocycles. The topological polar surface area (TPSA) is 21.3 Å². The van der Waals surface area contributed by atoms with E-state index in [4.69, 9.17) is 16.3 Å². The van der Waals surface area contributed by atoms with Crippen molar-refractivity contribution in [1.82, 2.24) is 0 Å². The highest BCUT2D eigenvalue weighted by atomic mass is 35.5. The van der Waals surface area contributed by atoms with E-state index < -0.39 is 11.6 Å². The molecular weight excluding hydrogens is 272 g/mol. The van der Waals surface area contributed by atoms with Gasteiger partial charge in [-0.2, -0.15) is 0 Å². The third-order valence-electron chi connectivity index (χ3n) is 2.68. The number of hydrogen-bond donors (Lipinski definition) is 1. The number of anilines is 1. The summed E-state index contributed by atoms with van der Waals surface area (Å²) in [6.07, 6.45) is 0. The Morgan fingerprint density at radius 1 is 1.16 bits per heavy atom. The summed E-state index contributed by atoms with van der Waals surface area (Å²) < 4.78 is 32.1. The molecule has 1 N–H and O–H groups in total. The zero-order chi connectivity index (χ0) is 13.8. The van der Waals surface area contributed by atoms with Gasteiger partial charge in [-0.05, 0) is 18.2 Å². The first-order valence-corrected chi connectivity index (χ1v) is 6.00. The van der Waals surface area contributed by atoms with Crippen molar-refractivity contribution in [2.24, 2.45) is 0 Å². The van der Waals surface area contributed by atoms with Gasteiger partial charge in [0.2, 0.25) is 0 Å². The molecule has 0 unspecified atom stereocenters. The van der Waals surface area contributed by atoms with E-state index in [9.17, 15) is 8.78 Å². The molecule has 0 saturated heterocycles. The van der Waals surface area contributed by atoms with Gasteiger partial charge in [0.15, 0.2) is 0 Å². The molecule has 0 aliphatic heterocycles. The van der Waals surface area contributed by atoms with Crippen molar-refractivity contribution in [3.63, 3.8) is 0 Å². The van der Waals surface area contributed by atoms with Gasteiger partial charge in [-0.25, -0.2) is 8.78 Å². The standard InChI is InChI=1S/C14H12ClF2NO/c1-19-10-6-5-9(13(17)7-10)8-18-14-11(15)3-2-4-12(14)16/h2-7,18H,8H2,1H3. The fourth-order valence-electron chi connectivity index (χ4n) is 1.65. The quantitative estimate of drug-likeness (QED) is 0.906. The SMILES string of the molecule is COc1ccc(CNc2c(F)cccc2Cl)c(F)c1. The molecule has 0 atom stereocenters. The van der Waals surface area contributed by atoms with Crippen LogP contribution in [0.15, 0.2) is 36.4 Å². The minimum absolute atomic E-state index is 0.135. The van der Waals surface area contributed by atoms with E-state index in [-0.39, 0.29) is 17.3 Å². The first-order valence-electron chi connectivity index (χ1n) is 5.62. The van der Waals surface area contributed by atoms with Gasteiger partial charge >= 0.3 is 0 Å². The summed E-state index contributed by atoms with van der Waals surface area (Å²) in [5.41, 5.74) is 0.569. The lowest BCUT2D eigenvalue weighted by Gasteiger charge is -2.10. The van der Waals surface area contributed by atoms with Crippen LogP contribution in [0.2, 0.25) is 5.02 Å². The lowest BCUT2D eigenvalue weighted by Crippen LogP contribution is -2.04. The molecule has 0 aromatic heterocycles. The molecule has 0 aliphatic rings. The highest BCUT2D eigenvalue weighted by Gasteiger charge is 2.08. The highest BCUT2D eigenvalue weighted by Crippen LogP contribution is 2.25. The molecular formula is C14H12ClF2NO. The Kier molecular flexibility index (Phi) is 4.22. The van der Waals surface area contributed by atoms with Crippen LogP contribution in [0.3, 0.4) is 0 Å². The molecule has 2 aromatic carbocycles. The van der Waals surface area contributed by atoms with Crippen molar-refractivity contribution in [3.05, 3.63) is 58.6 Å². The van der Waals surface area contributed by atoms with Gasteiger partial charge in [0.05, 0.1) is 17.8 Å². The zero-order valence-electron chi connectivity index (χ0n) is 10.2. The van der Waals surface area contributed by atoms with Crippen molar-refractivity contribution in [1.29, 1.82) is 0 Å². The molecule has 2 nitrogen and oxygen atoms in total. The van der Waals surface area contributed by atoms with Crippen molar-refractivity contribution in [2.45, 2.75) is 6.54 Å². The first kappa shape index (κ1) is 13.6. The van der Waals surface area contributed by atoms with E-state index in [0.29, 0.717) is 11.3 Å². The average molecular weight is 284 g/mol. The first-order chi connectivity index (χ1) is 9.11. The van der Waals surface area contributed by atoms with E-state index >= 15 is 0 Å². The maximum absolute atomic E-state index is 13.7. The van der Waals surface area contributed by atoms with Crippen LogP contribution in [0.4, 0.5) is 14.5 Å². The number of ether oxygens (including phenoxy) is 1. The molecule has 19 heavy (non-hydrogen) atoms. The summed E-state index contributed by atoms with van der Waals surface area (Å²) in [6, 6.07) is 8.87. The molecule has 0 spiro atoms. The number of nitrogens with one attached hydrogen (secondary N) is 1. The van der Waals surface area contributed by atoms with Crippen LogP contribution >= 0.6 is 11.6 Å². The van der Waals surface area contributed by atoms with Crippen molar-refractivity contribution in [2.75, 3.05) is 12.4 Å². The Morgan fingerprint density at radius 3 is 2.58 bits per heavy atom. The smallest absolute Gasteiger partial charge is 0.147 e. The summed E-state index contributed by atoms with van der Waals surface area (Å²) in [5, 5.41) is 3.05. The van der Waals surface area contributed by atoms with Gasteiger partial charge in [0.1, 0.15) is 17.4 Å². The maximum Gasteiger partial charge on any atom is 0.147 e. The van der Waals surface area contributed by atoms with Gasteiger partial charge in [0, 0.05) is 18.2 Å². The third-order valence-corrected chi connectivity index (χ3v) is 2.99. The number of hydrogen-bond acceptors (Lipinski definition) is 2. The van der Waals surface area contributed by atoms with Crippen LogP contribution in [-0.2, 0) is 6.54 Å². The molecule has 100 valence electrons. The largest absolute Gasteiger partial charge is 0.497 e. The Hall–Kier alpha value is -1.81. The second-order valence-corrected chi connectivity index (χ2v) is 4.31. The summed E-state index contributed by atoms with van der Waals surface area (Å²) >= 11 is 5.87. The van der Waals surface area contributed by atoms with E-state index in [0.717, 1.165) is 0 Å². The molecule has 0 bridgehead atoms. The van der Waals surface area contributed by atoms with E-state index in [2.05, 4.69) is 5.32 Å². The normalized spacial score (nSPS) is 10.3. The monoisotopic (exact) mass is 283 g/mol. The van der Waals surface area contributed by atoms with Gasteiger partial charge in [0.25, 0.3) is 0 Å². The predicted molar refractivity (Wildman–Crippen MR) is 71.7 cm³/mol. The number of para-hydroxylation sites is 1. The lowest BCUT2D eigenvalue weighted by molar-refractivity contribution is 0.411. The maximum atomic E-state index is 13.7. The van der Waals surface area contributed by atoms with Crippen molar-refractivity contribution >= 4 is 17.3 Å². The molecule has 5 heteroatoms. The van der Waals surface area contributed by atoms with E-state index in [1.165, 1.54) is 25.3 Å². The van der Waals surface area contributed by atoms with Crippen LogP contribution in [0.1, 0.15) is 5.56 Å². The van der Waals surface area contributed by atoms with Crippen LogP contribution in [0, 0.1) is 11.6 Å². The molecule has 2 rings (SSSR count). The summed E-state index contributed by atoms with van der Waals surface area (Å²) in [5.74, 6) is -0.453. The van der Waals surface area contributed by atoms with Gasteiger partial charge in [-0.3, -0.25) is 0 Å². The second-order valence-electron chi connectivity index (χ2n) is 3.91. The fourth-order valence-corrected chi connectivity index (χ4v) is 1.88. The molecule has 0 radical (unpaired) electrons. The summed E-state index contributed by atoms with van der Waals surface area (Å²) in [4.78, 5) is 0. The second kappa shape index (κ2) is 5.89. The number of halogens is 3. The molecule has 0 amide bonds. The van der Waals surface area contributed by atoms with Gasteiger partial charge < -0.3 is 10.1 Å². The minimum atomic E-state index is -0.471. The van der Waals surface area contributed by atoms with E-state index in [1.807, 2.05) is 0 Å². The number of rotatable bonds is 4. The zero-order valence-corrected chi connectivity index (χ0v) is 11.0. The number of methoxy groups -OCH3 is 1. The molecule has 0 saturated carbocycles. The number of benzene rings is 2. The fraction of sp³-hybridized carbons (Fsp3) is 0.143. The van der Waals surface area contributed by atoms with E-state index in [1.54, 1.807) is 18.2 Å². The Balaban J connectivity index is 2.15. The third kappa shape index (κ3) is 3.15. The van der Waals surface area contributed by atoms with Crippen LogP contribution in [0.25, 0.3) is 0 Å². The van der Waals surface area contributed by atoms with Gasteiger partial charge in [-0.15, -0.1) is 0 Å². The predicted octanol–water partition coefficient (Wildman–Crippen LogP) is 4.24. The highest BCUT2D eigenvalue weighted by molar-refractivity contribution is 6.33. The summed E-state index contributed by atoms with van der Waals surface area (Å²) in [6.45, 7) is 0.135. The van der Waals surface area contributed by atoms with Crippen LogP contribution in [0.5, 0.6) is 5.75 Å². The van der Waals surface area contributed by atoms with Crippen molar-refractivity contribution in [3.8, 4) is 5.75 Å². The Bertz CT molecular complexity index is 569.